The average Bonchev–Trinajstić information content (AvgIpc) is 2.36. The third-order valence-corrected chi connectivity index (χ3v) is 4.05. The Bertz CT molecular complexity index is 335. The molecule has 0 amide bonds. The summed E-state index contributed by atoms with van der Waals surface area (Å²) in [5.74, 6) is 0.313. The summed E-state index contributed by atoms with van der Waals surface area (Å²) in [4.78, 5) is 23.0. The van der Waals surface area contributed by atoms with Gasteiger partial charge in [-0.3, -0.25) is 9.59 Å². The molecule has 0 aromatic rings. The van der Waals surface area contributed by atoms with Crippen LogP contribution in [0.1, 0.15) is 40.5 Å². The van der Waals surface area contributed by atoms with Gasteiger partial charge in [-0.25, -0.2) is 0 Å². The van der Waals surface area contributed by atoms with Crippen LogP contribution >= 0.6 is 23.5 Å². The number of carbonyl (C=O) groups excluding carboxylic acids is 2. The fraction of sp³-hybridized carbons (Fsp3) is 0.875. The van der Waals surface area contributed by atoms with Crippen LogP contribution < -0.4 is 0 Å². The molecule has 0 fully saturated rings. The highest BCUT2D eigenvalue weighted by atomic mass is 32.2. The molecule has 0 bridgehead atoms. The van der Waals surface area contributed by atoms with Crippen LogP contribution in [0.3, 0.4) is 0 Å². The third-order valence-electron chi connectivity index (χ3n) is 3.00. The normalized spacial score (nSPS) is 12.1. The van der Waals surface area contributed by atoms with Gasteiger partial charge in [0.05, 0.1) is 24.7 Å². The summed E-state index contributed by atoms with van der Waals surface area (Å²) in [5, 5.41) is 0. The van der Waals surface area contributed by atoms with Crippen LogP contribution in [0, 0.1) is 0 Å². The molecule has 0 aromatic heterocycles. The van der Waals surface area contributed by atoms with Gasteiger partial charge in [0, 0.05) is 12.8 Å². The quantitative estimate of drug-likeness (QED) is 0.388. The first-order valence-corrected chi connectivity index (χ1v) is 10.4. The van der Waals surface area contributed by atoms with E-state index in [4.69, 9.17) is 14.2 Å². The Morgan fingerprint density at radius 2 is 1.13 bits per heavy atom. The fourth-order valence-corrected chi connectivity index (χ4v) is 2.34. The Balaban J connectivity index is 3.94. The van der Waals surface area contributed by atoms with Crippen LogP contribution in [0.15, 0.2) is 0 Å². The largest absolute Gasteiger partial charge is 0.459 e. The van der Waals surface area contributed by atoms with Gasteiger partial charge in [0.1, 0.15) is 11.2 Å². The maximum Gasteiger partial charge on any atom is 0.316 e. The lowest BCUT2D eigenvalue weighted by molar-refractivity contribution is -0.155. The van der Waals surface area contributed by atoms with E-state index in [1.807, 2.05) is 40.2 Å². The molecule has 0 radical (unpaired) electrons. The molecule has 0 unspecified atom stereocenters. The lowest BCUT2D eigenvalue weighted by atomic mass is 10.1. The predicted molar refractivity (Wildman–Crippen MR) is 97.2 cm³/mol. The molecule has 0 heterocycles. The van der Waals surface area contributed by atoms with Crippen molar-refractivity contribution >= 4 is 35.5 Å². The van der Waals surface area contributed by atoms with Gasteiger partial charge in [0.15, 0.2) is 0 Å². The number of hydrogen-bond acceptors (Lipinski definition) is 7. The molecule has 0 rings (SSSR count). The Labute approximate surface area is 148 Å². The van der Waals surface area contributed by atoms with Crippen molar-refractivity contribution in [2.45, 2.75) is 51.7 Å². The topological polar surface area (TPSA) is 61.8 Å². The Kier molecular flexibility index (Phi) is 11.0. The second kappa shape index (κ2) is 11.2. The van der Waals surface area contributed by atoms with E-state index in [1.54, 1.807) is 0 Å². The minimum Gasteiger partial charge on any atom is -0.459 e. The molecule has 0 aliphatic heterocycles. The van der Waals surface area contributed by atoms with Gasteiger partial charge >= 0.3 is 11.9 Å². The van der Waals surface area contributed by atoms with E-state index in [9.17, 15) is 9.59 Å². The van der Waals surface area contributed by atoms with E-state index in [0.29, 0.717) is 37.6 Å². The lowest BCUT2D eigenvalue weighted by Crippen LogP contribution is -2.32. The van der Waals surface area contributed by atoms with Crippen molar-refractivity contribution in [2.75, 3.05) is 37.2 Å². The first kappa shape index (κ1) is 22.6. The van der Waals surface area contributed by atoms with Crippen molar-refractivity contribution in [1.29, 1.82) is 0 Å². The Morgan fingerprint density at radius 3 is 1.43 bits per heavy atom. The first-order chi connectivity index (χ1) is 10.6. The van der Waals surface area contributed by atoms with Crippen LogP contribution in [0.4, 0.5) is 0 Å². The summed E-state index contributed by atoms with van der Waals surface area (Å²) in [6, 6.07) is 0. The van der Waals surface area contributed by atoms with E-state index in [2.05, 4.69) is 0 Å². The van der Waals surface area contributed by atoms with Crippen LogP contribution in [0.25, 0.3) is 0 Å². The van der Waals surface area contributed by atoms with Crippen LogP contribution in [-0.2, 0) is 23.8 Å². The fourth-order valence-electron chi connectivity index (χ4n) is 1.75. The van der Waals surface area contributed by atoms with Gasteiger partial charge in [-0.1, -0.05) is 0 Å². The molecule has 7 heteroatoms. The molecule has 0 N–H and O–H groups in total. The summed E-state index contributed by atoms with van der Waals surface area (Å²) < 4.78 is 16.4. The molecule has 0 saturated carbocycles. The highest BCUT2D eigenvalue weighted by molar-refractivity contribution is 7.99. The van der Waals surface area contributed by atoms with Crippen molar-refractivity contribution in [3.05, 3.63) is 0 Å². The smallest absolute Gasteiger partial charge is 0.316 e. The molecule has 0 aliphatic rings. The standard InChI is InChI=1S/C16H30O5S2/c1-15(2,20-13(17)11-22-5)7-9-19-10-8-16(3,4)21-14(18)12-23-6/h7-12H2,1-6H3. The van der Waals surface area contributed by atoms with Gasteiger partial charge in [-0.2, -0.15) is 23.5 Å². The van der Waals surface area contributed by atoms with Crippen molar-refractivity contribution < 1.29 is 23.8 Å². The minimum absolute atomic E-state index is 0.204. The second-order valence-corrected chi connectivity index (χ2v) is 8.18. The Hall–Kier alpha value is -0.400. The van der Waals surface area contributed by atoms with E-state index in [0.717, 1.165) is 0 Å². The summed E-state index contributed by atoms with van der Waals surface area (Å²) >= 11 is 2.89. The molecule has 0 spiro atoms. The number of hydrogen-bond donors (Lipinski definition) is 0. The van der Waals surface area contributed by atoms with Gasteiger partial charge in [-0.05, 0) is 40.2 Å². The predicted octanol–water partition coefficient (Wildman–Crippen LogP) is 3.15. The average molecular weight is 367 g/mol. The summed E-state index contributed by atoms with van der Waals surface area (Å²) in [7, 11) is 0. The van der Waals surface area contributed by atoms with Gasteiger partial charge < -0.3 is 14.2 Å². The lowest BCUT2D eigenvalue weighted by Gasteiger charge is -2.26. The van der Waals surface area contributed by atoms with E-state index in [-0.39, 0.29) is 11.9 Å². The Morgan fingerprint density at radius 1 is 0.783 bits per heavy atom. The number of rotatable bonds is 12. The third kappa shape index (κ3) is 12.7. The zero-order valence-electron chi connectivity index (χ0n) is 15.1. The maximum absolute atomic E-state index is 11.5. The maximum atomic E-state index is 11.5. The van der Waals surface area contributed by atoms with Gasteiger partial charge in [0.2, 0.25) is 0 Å². The van der Waals surface area contributed by atoms with E-state index >= 15 is 0 Å². The van der Waals surface area contributed by atoms with Crippen molar-refractivity contribution in [3.8, 4) is 0 Å². The first-order valence-electron chi connectivity index (χ1n) is 7.61. The molecule has 23 heavy (non-hydrogen) atoms. The molecule has 0 saturated heterocycles. The van der Waals surface area contributed by atoms with Crippen molar-refractivity contribution in [2.24, 2.45) is 0 Å². The number of carbonyl (C=O) groups is 2. The van der Waals surface area contributed by atoms with Crippen LogP contribution in [-0.4, -0.2) is 60.4 Å². The number of ether oxygens (including phenoxy) is 3. The van der Waals surface area contributed by atoms with Crippen molar-refractivity contribution in [3.63, 3.8) is 0 Å². The van der Waals surface area contributed by atoms with Gasteiger partial charge in [-0.15, -0.1) is 0 Å². The molecule has 5 nitrogen and oxygen atoms in total. The molecular weight excluding hydrogens is 336 g/mol. The zero-order valence-corrected chi connectivity index (χ0v) is 16.7. The van der Waals surface area contributed by atoms with Crippen molar-refractivity contribution in [1.82, 2.24) is 0 Å². The summed E-state index contributed by atoms with van der Waals surface area (Å²) in [5.41, 5.74) is -1.07. The number of thioether (sulfide) groups is 2. The second-order valence-electron chi connectivity index (χ2n) is 6.45. The highest BCUT2D eigenvalue weighted by Crippen LogP contribution is 2.18. The summed E-state index contributed by atoms with van der Waals surface area (Å²) in [6.45, 7) is 8.50. The minimum atomic E-state index is -0.535. The highest BCUT2D eigenvalue weighted by Gasteiger charge is 2.24. The van der Waals surface area contributed by atoms with E-state index < -0.39 is 11.2 Å². The van der Waals surface area contributed by atoms with Gasteiger partial charge in [0.25, 0.3) is 0 Å². The molecule has 0 aromatic carbocycles. The molecule has 0 aliphatic carbocycles. The molecule has 0 atom stereocenters. The molecular formula is C16H30O5S2. The summed E-state index contributed by atoms with van der Waals surface area (Å²) in [6.07, 6.45) is 4.98. The SMILES string of the molecule is CSCC(=O)OC(C)(C)CCOCCC(C)(C)OC(=O)CSC. The van der Waals surface area contributed by atoms with E-state index in [1.165, 1.54) is 23.5 Å². The zero-order chi connectivity index (χ0) is 17.9. The molecule has 136 valence electrons. The van der Waals surface area contributed by atoms with Crippen LogP contribution in [0.5, 0.6) is 0 Å². The number of esters is 2. The van der Waals surface area contributed by atoms with Crippen LogP contribution in [0.2, 0.25) is 0 Å². The monoisotopic (exact) mass is 366 g/mol.